The predicted octanol–water partition coefficient (Wildman–Crippen LogP) is 7.83. The number of unbranched alkanes of at least 4 members (excludes halogenated alkanes) is 3. The molecule has 1 rings (SSSR count). The minimum absolute atomic E-state index is 0.175. The van der Waals surface area contributed by atoms with E-state index in [9.17, 15) is 4.79 Å². The third-order valence-corrected chi connectivity index (χ3v) is 4.53. The SMILES string of the molecule is CCCCC/C=C\C/C=C\C/C=C\C/C=C\C/C=C\CCC(=O)OCc1cccnc1. The lowest BCUT2D eigenvalue weighted by Gasteiger charge is -2.03. The zero-order chi connectivity index (χ0) is 22.2. The number of rotatable bonds is 17. The Hall–Kier alpha value is -2.68. The lowest BCUT2D eigenvalue weighted by Crippen LogP contribution is -2.03. The number of aromatic nitrogens is 1. The highest BCUT2D eigenvalue weighted by atomic mass is 16.5. The van der Waals surface area contributed by atoms with E-state index in [0.717, 1.165) is 31.2 Å². The van der Waals surface area contributed by atoms with Crippen molar-refractivity contribution in [2.24, 2.45) is 0 Å². The first-order valence-electron chi connectivity index (χ1n) is 11.6. The van der Waals surface area contributed by atoms with Crippen molar-refractivity contribution < 1.29 is 9.53 Å². The van der Waals surface area contributed by atoms with E-state index in [0.29, 0.717) is 19.4 Å². The summed E-state index contributed by atoms with van der Waals surface area (Å²) < 4.78 is 5.22. The summed E-state index contributed by atoms with van der Waals surface area (Å²) in [5.74, 6) is -0.175. The lowest BCUT2D eigenvalue weighted by atomic mass is 10.2. The van der Waals surface area contributed by atoms with Gasteiger partial charge in [0, 0.05) is 24.4 Å². The van der Waals surface area contributed by atoms with Crippen molar-refractivity contribution in [3.8, 4) is 0 Å². The normalized spacial score (nSPS) is 12.3. The molecule has 0 saturated heterocycles. The fourth-order valence-electron chi connectivity index (χ4n) is 2.75. The van der Waals surface area contributed by atoms with Crippen LogP contribution in [0.3, 0.4) is 0 Å². The molecule has 0 aliphatic heterocycles. The molecule has 0 radical (unpaired) electrons. The average molecular weight is 422 g/mol. The molecule has 0 bridgehead atoms. The number of ether oxygens (including phenoxy) is 1. The Labute approximate surface area is 189 Å². The Kier molecular flexibility index (Phi) is 17.5. The summed E-state index contributed by atoms with van der Waals surface area (Å²) in [6, 6.07) is 3.73. The van der Waals surface area contributed by atoms with Gasteiger partial charge in [0.1, 0.15) is 6.61 Å². The minimum atomic E-state index is -0.175. The van der Waals surface area contributed by atoms with Crippen molar-refractivity contribution in [2.75, 3.05) is 0 Å². The van der Waals surface area contributed by atoms with Crippen LogP contribution in [0.5, 0.6) is 0 Å². The summed E-state index contributed by atoms with van der Waals surface area (Å²) in [6.45, 7) is 2.53. The molecule has 31 heavy (non-hydrogen) atoms. The molecule has 0 unspecified atom stereocenters. The van der Waals surface area contributed by atoms with Gasteiger partial charge in [-0.05, 0) is 51.0 Å². The first-order chi connectivity index (χ1) is 15.3. The summed E-state index contributed by atoms with van der Waals surface area (Å²) in [7, 11) is 0. The third-order valence-electron chi connectivity index (χ3n) is 4.53. The number of hydrogen-bond donors (Lipinski definition) is 0. The zero-order valence-electron chi connectivity index (χ0n) is 19.1. The maximum Gasteiger partial charge on any atom is 0.306 e. The molecule has 0 aliphatic rings. The Morgan fingerprint density at radius 1 is 0.839 bits per heavy atom. The quantitative estimate of drug-likeness (QED) is 0.146. The number of nitrogens with zero attached hydrogens (tertiary/aromatic N) is 1. The fourth-order valence-corrected chi connectivity index (χ4v) is 2.75. The van der Waals surface area contributed by atoms with E-state index in [4.69, 9.17) is 4.74 Å². The Bertz CT molecular complexity index is 699. The van der Waals surface area contributed by atoms with Gasteiger partial charge in [-0.25, -0.2) is 0 Å². The molecule has 1 aromatic heterocycles. The maximum absolute atomic E-state index is 11.7. The van der Waals surface area contributed by atoms with Gasteiger partial charge in [-0.2, -0.15) is 0 Å². The van der Waals surface area contributed by atoms with Crippen molar-refractivity contribution in [3.05, 3.63) is 90.9 Å². The first kappa shape index (κ1) is 26.4. The van der Waals surface area contributed by atoms with E-state index in [-0.39, 0.29) is 5.97 Å². The van der Waals surface area contributed by atoms with Crippen LogP contribution in [0.2, 0.25) is 0 Å². The molecular weight excluding hydrogens is 382 g/mol. The van der Waals surface area contributed by atoms with Gasteiger partial charge in [0.25, 0.3) is 0 Å². The first-order valence-corrected chi connectivity index (χ1v) is 11.6. The Balaban J connectivity index is 1.95. The molecule has 0 saturated carbocycles. The summed E-state index contributed by atoms with van der Waals surface area (Å²) in [5, 5.41) is 0. The van der Waals surface area contributed by atoms with Crippen LogP contribution in [-0.2, 0) is 16.1 Å². The number of allylic oxidation sites excluding steroid dienone is 10. The highest BCUT2D eigenvalue weighted by Crippen LogP contribution is 2.03. The number of hydrogen-bond acceptors (Lipinski definition) is 3. The average Bonchev–Trinajstić information content (AvgIpc) is 2.80. The van der Waals surface area contributed by atoms with Crippen molar-refractivity contribution in [1.29, 1.82) is 0 Å². The predicted molar refractivity (Wildman–Crippen MR) is 132 cm³/mol. The summed E-state index contributed by atoms with van der Waals surface area (Å²) in [6.07, 6.45) is 35.4. The van der Waals surface area contributed by atoms with Gasteiger partial charge in [0.15, 0.2) is 0 Å². The zero-order valence-corrected chi connectivity index (χ0v) is 19.1. The summed E-state index contributed by atoms with van der Waals surface area (Å²) in [5.41, 5.74) is 0.909. The van der Waals surface area contributed by atoms with E-state index in [1.54, 1.807) is 12.4 Å². The van der Waals surface area contributed by atoms with Crippen LogP contribution >= 0.6 is 0 Å². The number of pyridine rings is 1. The molecular formula is C28H39NO2. The van der Waals surface area contributed by atoms with Crippen molar-refractivity contribution in [1.82, 2.24) is 4.98 Å². The monoisotopic (exact) mass is 421 g/mol. The summed E-state index contributed by atoms with van der Waals surface area (Å²) >= 11 is 0. The van der Waals surface area contributed by atoms with Crippen molar-refractivity contribution in [2.45, 2.75) is 77.7 Å². The van der Waals surface area contributed by atoms with Crippen LogP contribution in [0, 0.1) is 0 Å². The van der Waals surface area contributed by atoms with Gasteiger partial charge in [0.2, 0.25) is 0 Å². The van der Waals surface area contributed by atoms with Crippen LogP contribution in [0.1, 0.15) is 76.7 Å². The molecule has 0 aliphatic carbocycles. The molecule has 1 aromatic rings. The van der Waals surface area contributed by atoms with E-state index < -0.39 is 0 Å². The molecule has 3 nitrogen and oxygen atoms in total. The molecule has 168 valence electrons. The van der Waals surface area contributed by atoms with Crippen LogP contribution in [-0.4, -0.2) is 11.0 Å². The molecule has 3 heteroatoms. The van der Waals surface area contributed by atoms with Crippen LogP contribution in [0.15, 0.2) is 85.3 Å². The van der Waals surface area contributed by atoms with Gasteiger partial charge in [-0.1, -0.05) is 86.6 Å². The molecule has 0 atom stereocenters. The number of carbonyl (C=O) groups excluding carboxylic acids is 1. The third kappa shape index (κ3) is 17.9. The Morgan fingerprint density at radius 2 is 1.42 bits per heavy atom. The standard InChI is InChI=1S/C28H39NO2/c1-2-3-4-5-6-7-8-9-10-11-12-13-14-15-16-17-18-19-20-23-28(30)31-26-27-22-21-24-29-25-27/h6-7,9-10,12-13,15-16,18-19,21-22,24-25H,2-5,8,11,14,17,20,23,26H2,1H3/b7-6-,10-9-,13-12-,16-15-,19-18-. The molecule has 1 heterocycles. The summed E-state index contributed by atoms with van der Waals surface area (Å²) in [4.78, 5) is 15.7. The topological polar surface area (TPSA) is 39.2 Å². The van der Waals surface area contributed by atoms with Crippen LogP contribution < -0.4 is 0 Å². The second kappa shape index (κ2) is 20.6. The number of carbonyl (C=O) groups is 1. The maximum atomic E-state index is 11.7. The van der Waals surface area contributed by atoms with Gasteiger partial charge in [-0.15, -0.1) is 0 Å². The molecule has 0 amide bonds. The van der Waals surface area contributed by atoms with Gasteiger partial charge in [0.05, 0.1) is 0 Å². The highest BCUT2D eigenvalue weighted by Gasteiger charge is 2.01. The minimum Gasteiger partial charge on any atom is -0.461 e. The van der Waals surface area contributed by atoms with Gasteiger partial charge >= 0.3 is 5.97 Å². The molecule has 0 fully saturated rings. The van der Waals surface area contributed by atoms with E-state index in [1.807, 2.05) is 18.2 Å². The second-order valence-corrected chi connectivity index (χ2v) is 7.36. The van der Waals surface area contributed by atoms with Crippen molar-refractivity contribution in [3.63, 3.8) is 0 Å². The van der Waals surface area contributed by atoms with Gasteiger partial charge in [-0.3, -0.25) is 9.78 Å². The number of esters is 1. The van der Waals surface area contributed by atoms with Crippen molar-refractivity contribution >= 4 is 5.97 Å². The fraction of sp³-hybridized carbons (Fsp3) is 0.429. The lowest BCUT2D eigenvalue weighted by molar-refractivity contribution is -0.144. The van der Waals surface area contributed by atoms with E-state index in [1.165, 1.54) is 25.7 Å². The van der Waals surface area contributed by atoms with Crippen LogP contribution in [0.25, 0.3) is 0 Å². The van der Waals surface area contributed by atoms with Crippen LogP contribution in [0.4, 0.5) is 0 Å². The largest absolute Gasteiger partial charge is 0.461 e. The molecule has 0 N–H and O–H groups in total. The van der Waals surface area contributed by atoms with E-state index in [2.05, 4.69) is 66.6 Å². The molecule has 0 spiro atoms. The smallest absolute Gasteiger partial charge is 0.306 e. The molecule has 0 aromatic carbocycles. The van der Waals surface area contributed by atoms with E-state index >= 15 is 0 Å². The van der Waals surface area contributed by atoms with Gasteiger partial charge < -0.3 is 4.74 Å². The second-order valence-electron chi connectivity index (χ2n) is 7.36. The highest BCUT2D eigenvalue weighted by molar-refractivity contribution is 5.69. The Morgan fingerprint density at radius 3 is 1.97 bits per heavy atom.